The standard InChI is InChI=1S/C15H17N.ClH/c1-12(14-5-3-2-4-6-14)15-9-7-13(11-16)8-10-15;/h2-10,12H,11,16H2,1H3;1H. The SMILES string of the molecule is CC(c1ccccc1)c1ccc(CN)cc1.Cl. The zero-order valence-electron chi connectivity index (χ0n) is 9.97. The van der Waals surface area contributed by atoms with Crippen molar-refractivity contribution in [1.82, 2.24) is 0 Å². The Balaban J connectivity index is 0.00000144. The summed E-state index contributed by atoms with van der Waals surface area (Å²) in [5.74, 6) is 0.438. The van der Waals surface area contributed by atoms with Crippen LogP contribution in [-0.4, -0.2) is 0 Å². The zero-order valence-corrected chi connectivity index (χ0v) is 10.8. The van der Waals surface area contributed by atoms with Gasteiger partial charge in [-0.15, -0.1) is 12.4 Å². The molecule has 0 heterocycles. The lowest BCUT2D eigenvalue weighted by Crippen LogP contribution is -1.98. The van der Waals surface area contributed by atoms with E-state index in [9.17, 15) is 0 Å². The third-order valence-electron chi connectivity index (χ3n) is 3.01. The Morgan fingerprint density at radius 2 is 1.41 bits per heavy atom. The minimum absolute atomic E-state index is 0. The van der Waals surface area contributed by atoms with Crippen LogP contribution in [0, 0.1) is 0 Å². The highest BCUT2D eigenvalue weighted by Gasteiger charge is 2.06. The van der Waals surface area contributed by atoms with Crippen LogP contribution in [-0.2, 0) is 6.54 Å². The van der Waals surface area contributed by atoms with Crippen molar-refractivity contribution in [3.63, 3.8) is 0 Å². The molecule has 0 amide bonds. The van der Waals surface area contributed by atoms with E-state index in [0.717, 1.165) is 0 Å². The quantitative estimate of drug-likeness (QED) is 0.879. The van der Waals surface area contributed by atoms with E-state index >= 15 is 0 Å². The molecule has 2 N–H and O–H groups in total. The van der Waals surface area contributed by atoms with E-state index in [2.05, 4.69) is 55.5 Å². The van der Waals surface area contributed by atoms with E-state index in [4.69, 9.17) is 5.73 Å². The van der Waals surface area contributed by atoms with Crippen LogP contribution in [0.15, 0.2) is 54.6 Å². The van der Waals surface area contributed by atoms with Gasteiger partial charge in [0.25, 0.3) is 0 Å². The van der Waals surface area contributed by atoms with Gasteiger partial charge in [-0.3, -0.25) is 0 Å². The molecule has 0 fully saturated rings. The van der Waals surface area contributed by atoms with E-state index in [1.807, 2.05) is 6.07 Å². The molecule has 1 unspecified atom stereocenters. The van der Waals surface area contributed by atoms with Crippen molar-refractivity contribution in [2.75, 3.05) is 0 Å². The Kier molecular flexibility index (Phi) is 5.20. The molecule has 0 saturated carbocycles. The minimum atomic E-state index is 0. The van der Waals surface area contributed by atoms with Gasteiger partial charge < -0.3 is 5.73 Å². The average molecular weight is 248 g/mol. The Hall–Kier alpha value is -1.31. The fourth-order valence-corrected chi connectivity index (χ4v) is 1.88. The van der Waals surface area contributed by atoms with Gasteiger partial charge in [0, 0.05) is 12.5 Å². The monoisotopic (exact) mass is 247 g/mol. The topological polar surface area (TPSA) is 26.0 Å². The maximum atomic E-state index is 5.59. The van der Waals surface area contributed by atoms with Gasteiger partial charge in [-0.25, -0.2) is 0 Å². The molecule has 0 bridgehead atoms. The third kappa shape index (κ3) is 3.32. The number of nitrogens with two attached hydrogens (primary N) is 1. The van der Waals surface area contributed by atoms with Crippen molar-refractivity contribution in [3.8, 4) is 0 Å². The summed E-state index contributed by atoms with van der Waals surface area (Å²) in [5, 5.41) is 0. The van der Waals surface area contributed by atoms with E-state index in [-0.39, 0.29) is 12.4 Å². The van der Waals surface area contributed by atoms with E-state index < -0.39 is 0 Å². The summed E-state index contributed by atoms with van der Waals surface area (Å²) in [7, 11) is 0. The van der Waals surface area contributed by atoms with Gasteiger partial charge in [-0.2, -0.15) is 0 Å². The predicted molar refractivity (Wildman–Crippen MR) is 75.5 cm³/mol. The molecule has 0 spiro atoms. The van der Waals surface area contributed by atoms with Crippen LogP contribution in [0.1, 0.15) is 29.5 Å². The molecule has 17 heavy (non-hydrogen) atoms. The summed E-state index contributed by atoms with van der Waals surface area (Å²) in [6, 6.07) is 19.1. The highest BCUT2D eigenvalue weighted by atomic mass is 35.5. The van der Waals surface area contributed by atoms with Crippen LogP contribution in [0.3, 0.4) is 0 Å². The fraction of sp³-hybridized carbons (Fsp3) is 0.200. The molecule has 2 rings (SSSR count). The van der Waals surface area contributed by atoms with Crippen molar-refractivity contribution < 1.29 is 0 Å². The van der Waals surface area contributed by atoms with Gasteiger partial charge >= 0.3 is 0 Å². The summed E-state index contributed by atoms with van der Waals surface area (Å²) >= 11 is 0. The van der Waals surface area contributed by atoms with Crippen molar-refractivity contribution in [2.45, 2.75) is 19.4 Å². The molecule has 2 aromatic carbocycles. The van der Waals surface area contributed by atoms with Crippen molar-refractivity contribution in [3.05, 3.63) is 71.3 Å². The van der Waals surface area contributed by atoms with Crippen LogP contribution in [0.25, 0.3) is 0 Å². The molecule has 0 aliphatic rings. The van der Waals surface area contributed by atoms with Gasteiger partial charge in [0.1, 0.15) is 0 Å². The number of hydrogen-bond acceptors (Lipinski definition) is 1. The predicted octanol–water partition coefficient (Wildman–Crippen LogP) is 3.72. The van der Waals surface area contributed by atoms with Crippen LogP contribution < -0.4 is 5.73 Å². The maximum Gasteiger partial charge on any atom is 0.0178 e. The van der Waals surface area contributed by atoms with Gasteiger partial charge in [0.15, 0.2) is 0 Å². The lowest BCUT2D eigenvalue weighted by molar-refractivity contribution is 0.918. The highest BCUT2D eigenvalue weighted by molar-refractivity contribution is 5.85. The van der Waals surface area contributed by atoms with Crippen molar-refractivity contribution >= 4 is 12.4 Å². The molecule has 0 aliphatic carbocycles. The number of hydrogen-bond donors (Lipinski definition) is 1. The lowest BCUT2D eigenvalue weighted by Gasteiger charge is -2.12. The first-order chi connectivity index (χ1) is 7.81. The van der Waals surface area contributed by atoms with Crippen LogP contribution in [0.4, 0.5) is 0 Å². The molecule has 2 heteroatoms. The highest BCUT2D eigenvalue weighted by Crippen LogP contribution is 2.23. The summed E-state index contributed by atoms with van der Waals surface area (Å²) in [5.41, 5.74) is 9.46. The van der Waals surface area contributed by atoms with Gasteiger partial charge in [-0.1, -0.05) is 61.5 Å². The van der Waals surface area contributed by atoms with Crippen LogP contribution >= 0.6 is 12.4 Å². The normalized spacial score (nSPS) is 11.6. The molecule has 0 saturated heterocycles. The second-order valence-electron chi connectivity index (χ2n) is 4.08. The summed E-state index contributed by atoms with van der Waals surface area (Å²) in [6.07, 6.45) is 0. The molecule has 90 valence electrons. The first-order valence-corrected chi connectivity index (χ1v) is 5.65. The first kappa shape index (κ1) is 13.8. The van der Waals surface area contributed by atoms with E-state index in [1.165, 1.54) is 16.7 Å². The second-order valence-corrected chi connectivity index (χ2v) is 4.08. The summed E-state index contributed by atoms with van der Waals surface area (Å²) in [6.45, 7) is 2.84. The average Bonchev–Trinajstić information content (AvgIpc) is 2.39. The summed E-state index contributed by atoms with van der Waals surface area (Å²) in [4.78, 5) is 0. The molecule has 1 atom stereocenters. The fourth-order valence-electron chi connectivity index (χ4n) is 1.88. The van der Waals surface area contributed by atoms with Crippen molar-refractivity contribution in [1.29, 1.82) is 0 Å². The second kappa shape index (κ2) is 6.43. The molecule has 0 radical (unpaired) electrons. The zero-order chi connectivity index (χ0) is 11.4. The molecular formula is C15H18ClN. The number of rotatable bonds is 3. The van der Waals surface area contributed by atoms with Gasteiger partial charge in [0.2, 0.25) is 0 Å². The largest absolute Gasteiger partial charge is 0.326 e. The molecule has 2 aromatic rings. The molecule has 0 aromatic heterocycles. The Labute approximate surface area is 109 Å². The third-order valence-corrected chi connectivity index (χ3v) is 3.01. The maximum absolute atomic E-state index is 5.59. The Morgan fingerprint density at radius 3 is 1.94 bits per heavy atom. The van der Waals surface area contributed by atoms with Crippen LogP contribution in [0.2, 0.25) is 0 Å². The van der Waals surface area contributed by atoms with Gasteiger partial charge in [0.05, 0.1) is 0 Å². The van der Waals surface area contributed by atoms with Crippen molar-refractivity contribution in [2.24, 2.45) is 5.73 Å². The lowest BCUT2D eigenvalue weighted by atomic mass is 9.93. The Morgan fingerprint density at radius 1 is 0.882 bits per heavy atom. The minimum Gasteiger partial charge on any atom is -0.326 e. The number of benzene rings is 2. The van der Waals surface area contributed by atoms with E-state index in [1.54, 1.807) is 0 Å². The van der Waals surface area contributed by atoms with E-state index in [0.29, 0.717) is 12.5 Å². The molecule has 1 nitrogen and oxygen atoms in total. The smallest absolute Gasteiger partial charge is 0.0178 e. The molecular weight excluding hydrogens is 230 g/mol. The molecule has 0 aliphatic heterocycles. The first-order valence-electron chi connectivity index (χ1n) is 5.65. The van der Waals surface area contributed by atoms with Crippen LogP contribution in [0.5, 0.6) is 0 Å². The summed E-state index contributed by atoms with van der Waals surface area (Å²) < 4.78 is 0. The number of halogens is 1. The van der Waals surface area contributed by atoms with Gasteiger partial charge in [-0.05, 0) is 16.7 Å². The Bertz CT molecular complexity index is 436.